The number of hydrogen-bond acceptors (Lipinski definition) is 4. The topological polar surface area (TPSA) is 60.4 Å². The molecule has 0 radical (unpaired) electrons. The predicted molar refractivity (Wildman–Crippen MR) is 83.0 cm³/mol. The van der Waals surface area contributed by atoms with Crippen LogP contribution in [0.4, 0.5) is 0 Å². The van der Waals surface area contributed by atoms with Crippen LogP contribution in [0.1, 0.15) is 42.5 Å². The van der Waals surface area contributed by atoms with Crippen molar-refractivity contribution in [2.24, 2.45) is 5.92 Å². The molecule has 1 rings (SSSR count). The van der Waals surface area contributed by atoms with Crippen LogP contribution in [-0.2, 0) is 19.1 Å². The van der Waals surface area contributed by atoms with Gasteiger partial charge in [-0.1, -0.05) is 19.9 Å². The molecule has 118 valence electrons. The molecule has 1 aromatic carbocycles. The molecule has 0 bridgehead atoms. The molecule has 0 aliphatic heterocycles. The molecule has 4 nitrogen and oxygen atoms in total. The van der Waals surface area contributed by atoms with Crippen molar-refractivity contribution in [1.29, 1.82) is 0 Å². The third kappa shape index (κ3) is 3.92. The fraction of sp³-hybridized carbons (Fsp3) is 0.562. The van der Waals surface area contributed by atoms with Crippen LogP contribution in [0, 0.1) is 33.6 Å². The molecular weight excluding hydrogens is 288 g/mol. The van der Waals surface area contributed by atoms with E-state index in [4.69, 9.17) is 4.18 Å². The molecule has 0 fully saturated rings. The van der Waals surface area contributed by atoms with Crippen LogP contribution < -0.4 is 0 Å². The first-order chi connectivity index (χ1) is 9.61. The largest absolute Gasteiger partial charge is 0.297 e. The minimum atomic E-state index is -3.92. The molecule has 1 aromatic rings. The molecule has 0 aliphatic carbocycles. The summed E-state index contributed by atoms with van der Waals surface area (Å²) in [6.45, 7) is 10.6. The first-order valence-electron chi connectivity index (χ1n) is 7.11. The Kier molecular flexibility index (Phi) is 5.70. The minimum absolute atomic E-state index is 0.183. The van der Waals surface area contributed by atoms with Crippen LogP contribution >= 0.6 is 0 Å². The lowest BCUT2D eigenvalue weighted by atomic mass is 10.0. The van der Waals surface area contributed by atoms with Crippen LogP contribution in [0.25, 0.3) is 0 Å². The van der Waals surface area contributed by atoms with E-state index in [1.165, 1.54) is 0 Å². The Hall–Kier alpha value is -1.20. The summed E-state index contributed by atoms with van der Waals surface area (Å²) in [7, 11) is -3.92. The van der Waals surface area contributed by atoms with Gasteiger partial charge in [0.05, 0.1) is 0 Å². The Morgan fingerprint density at radius 1 is 1.14 bits per heavy atom. The van der Waals surface area contributed by atoms with Crippen LogP contribution in [-0.4, -0.2) is 20.8 Å². The maximum absolute atomic E-state index is 12.4. The van der Waals surface area contributed by atoms with E-state index < -0.39 is 16.7 Å². The average Bonchev–Trinajstić information content (AvgIpc) is 2.41. The summed E-state index contributed by atoms with van der Waals surface area (Å²) in [5.74, 6) is -0.387. The summed E-state index contributed by atoms with van der Waals surface area (Å²) in [4.78, 5) is 11.9. The van der Waals surface area contributed by atoms with E-state index in [9.17, 15) is 13.2 Å². The molecule has 1 atom stereocenters. The molecule has 0 aromatic heterocycles. The summed E-state index contributed by atoms with van der Waals surface area (Å²) < 4.78 is 29.7. The zero-order chi connectivity index (χ0) is 16.4. The third-order valence-corrected chi connectivity index (χ3v) is 5.61. The summed E-state index contributed by atoms with van der Waals surface area (Å²) in [5, 5.41) is 0. The molecule has 1 unspecified atom stereocenters. The number of carbonyl (C=O) groups is 1. The van der Waals surface area contributed by atoms with Crippen molar-refractivity contribution < 1.29 is 17.4 Å². The van der Waals surface area contributed by atoms with Crippen molar-refractivity contribution in [2.75, 3.05) is 6.61 Å². The molecular formula is C16H24O4S. The van der Waals surface area contributed by atoms with Crippen LogP contribution in [0.15, 0.2) is 11.0 Å². The highest BCUT2D eigenvalue weighted by Gasteiger charge is 2.24. The maximum Gasteiger partial charge on any atom is 0.297 e. The van der Waals surface area contributed by atoms with Gasteiger partial charge in [0.15, 0.2) is 5.78 Å². The van der Waals surface area contributed by atoms with Gasteiger partial charge in [0.25, 0.3) is 10.1 Å². The lowest BCUT2D eigenvalue weighted by Crippen LogP contribution is -2.21. The van der Waals surface area contributed by atoms with Gasteiger partial charge in [-0.25, -0.2) is 0 Å². The van der Waals surface area contributed by atoms with Crippen molar-refractivity contribution in [3.05, 3.63) is 28.3 Å². The Labute approximate surface area is 127 Å². The normalized spacial score (nSPS) is 13.2. The Morgan fingerprint density at radius 3 is 2.24 bits per heavy atom. The summed E-state index contributed by atoms with van der Waals surface area (Å²) >= 11 is 0. The van der Waals surface area contributed by atoms with E-state index in [0.29, 0.717) is 17.5 Å². The molecule has 21 heavy (non-hydrogen) atoms. The molecule has 0 saturated carbocycles. The molecule has 0 heterocycles. The number of benzene rings is 1. The number of carbonyl (C=O) groups excluding carboxylic acids is 1. The molecule has 0 N–H and O–H groups in total. The van der Waals surface area contributed by atoms with Gasteiger partial charge in [0.1, 0.15) is 11.5 Å². The van der Waals surface area contributed by atoms with Crippen molar-refractivity contribution >= 4 is 15.9 Å². The van der Waals surface area contributed by atoms with Crippen molar-refractivity contribution in [1.82, 2.24) is 0 Å². The lowest BCUT2D eigenvalue weighted by molar-refractivity contribution is -0.124. The second-order valence-corrected chi connectivity index (χ2v) is 7.13. The van der Waals surface area contributed by atoms with Crippen LogP contribution in [0.2, 0.25) is 0 Å². The molecule has 0 aliphatic rings. The quantitative estimate of drug-likeness (QED) is 0.757. The van der Waals surface area contributed by atoms with E-state index in [0.717, 1.165) is 11.1 Å². The highest BCUT2D eigenvalue weighted by atomic mass is 32.2. The van der Waals surface area contributed by atoms with Gasteiger partial charge in [-0.3, -0.25) is 8.98 Å². The highest BCUT2D eigenvalue weighted by molar-refractivity contribution is 7.86. The number of hydrogen-bond donors (Lipinski definition) is 0. The summed E-state index contributed by atoms with van der Waals surface area (Å²) in [6, 6.07) is 1.83. The first-order valence-corrected chi connectivity index (χ1v) is 8.52. The van der Waals surface area contributed by atoms with Crippen LogP contribution in [0.3, 0.4) is 0 Å². The average molecular weight is 312 g/mol. The molecule has 0 saturated heterocycles. The zero-order valence-electron chi connectivity index (χ0n) is 13.6. The second kappa shape index (κ2) is 6.71. The van der Waals surface area contributed by atoms with E-state index in [-0.39, 0.29) is 16.6 Å². The third-order valence-electron chi connectivity index (χ3n) is 4.05. The molecule has 0 spiro atoms. The summed E-state index contributed by atoms with van der Waals surface area (Å²) in [6.07, 6.45) is 0.671. The monoisotopic (exact) mass is 312 g/mol. The standard InChI is InChI=1S/C16H24O4S/c1-7-10(2)15(17)9-20-21(18,19)16-12(4)8-11(3)13(5)14(16)6/h8,10H,7,9H2,1-6H3. The smallest absolute Gasteiger partial charge is 0.297 e. The first kappa shape index (κ1) is 17.9. The number of aryl methyl sites for hydroxylation is 2. The fourth-order valence-electron chi connectivity index (χ4n) is 2.21. The Balaban J connectivity index is 3.10. The highest BCUT2D eigenvalue weighted by Crippen LogP contribution is 2.27. The van der Waals surface area contributed by atoms with Gasteiger partial charge >= 0.3 is 0 Å². The van der Waals surface area contributed by atoms with E-state index in [1.54, 1.807) is 20.8 Å². The number of Topliss-reactive ketones (excluding diaryl/α,β-unsaturated/α-hetero) is 1. The van der Waals surface area contributed by atoms with Gasteiger partial charge in [-0.15, -0.1) is 0 Å². The predicted octanol–water partition coefficient (Wildman–Crippen LogP) is 3.24. The van der Waals surface area contributed by atoms with E-state index in [2.05, 4.69) is 0 Å². The SMILES string of the molecule is CCC(C)C(=O)COS(=O)(=O)c1c(C)cc(C)c(C)c1C. The van der Waals surface area contributed by atoms with Crippen molar-refractivity contribution in [3.63, 3.8) is 0 Å². The maximum atomic E-state index is 12.4. The minimum Gasteiger partial charge on any atom is -0.297 e. The van der Waals surface area contributed by atoms with Crippen molar-refractivity contribution in [2.45, 2.75) is 52.9 Å². The van der Waals surface area contributed by atoms with Gasteiger partial charge in [0.2, 0.25) is 0 Å². The van der Waals surface area contributed by atoms with Gasteiger partial charge < -0.3 is 0 Å². The van der Waals surface area contributed by atoms with Gasteiger partial charge in [-0.05, 0) is 56.4 Å². The van der Waals surface area contributed by atoms with E-state index in [1.807, 2.05) is 26.8 Å². The Bertz CT molecular complexity index is 645. The van der Waals surface area contributed by atoms with Gasteiger partial charge in [0, 0.05) is 5.92 Å². The molecule has 0 amide bonds. The van der Waals surface area contributed by atoms with E-state index >= 15 is 0 Å². The second-order valence-electron chi connectivity index (χ2n) is 5.58. The summed E-state index contributed by atoms with van der Waals surface area (Å²) in [5.41, 5.74) is 3.30. The van der Waals surface area contributed by atoms with Crippen LogP contribution in [0.5, 0.6) is 0 Å². The zero-order valence-corrected chi connectivity index (χ0v) is 14.4. The lowest BCUT2D eigenvalue weighted by Gasteiger charge is -2.15. The van der Waals surface area contributed by atoms with Gasteiger partial charge in [-0.2, -0.15) is 8.42 Å². The number of rotatable bonds is 6. The number of ketones is 1. The fourth-order valence-corrected chi connectivity index (χ4v) is 3.58. The molecule has 5 heteroatoms. The van der Waals surface area contributed by atoms with Crippen molar-refractivity contribution in [3.8, 4) is 0 Å². The Morgan fingerprint density at radius 2 is 1.71 bits per heavy atom.